The van der Waals surface area contributed by atoms with Gasteiger partial charge in [-0.25, -0.2) is 0 Å². The first-order valence-corrected chi connectivity index (χ1v) is 8.83. The van der Waals surface area contributed by atoms with Crippen molar-refractivity contribution >= 4 is 11.7 Å². The van der Waals surface area contributed by atoms with Crippen LogP contribution >= 0.6 is 0 Å². The maximum absolute atomic E-state index is 12.1. The number of anilines is 1. The molecule has 1 aromatic rings. The Bertz CT molecular complexity index is 586. The second-order valence-electron chi connectivity index (χ2n) is 6.50. The fourth-order valence-electron chi connectivity index (χ4n) is 4.20. The minimum absolute atomic E-state index is 0.147. The Morgan fingerprint density at radius 2 is 2.22 bits per heavy atom. The smallest absolute Gasteiger partial charge is 0.308 e. The van der Waals surface area contributed by atoms with Crippen molar-refractivity contribution in [3.8, 4) is 0 Å². The molecule has 0 spiro atoms. The van der Waals surface area contributed by atoms with Crippen molar-refractivity contribution < 1.29 is 14.3 Å². The third-order valence-corrected chi connectivity index (χ3v) is 5.40. The molecule has 1 fully saturated rings. The molecule has 0 amide bonds. The van der Waals surface area contributed by atoms with Crippen LogP contribution in [0, 0.1) is 0 Å². The zero-order chi connectivity index (χ0) is 16.4. The summed E-state index contributed by atoms with van der Waals surface area (Å²) in [5, 5.41) is 3.71. The zero-order valence-corrected chi connectivity index (χ0v) is 14.4. The normalized spacial score (nSPS) is 28.7. The molecular formula is C19H27NO3. The van der Waals surface area contributed by atoms with Crippen molar-refractivity contribution in [1.82, 2.24) is 0 Å². The summed E-state index contributed by atoms with van der Waals surface area (Å²) < 4.78 is 11.4. The Morgan fingerprint density at radius 1 is 1.39 bits per heavy atom. The van der Waals surface area contributed by atoms with E-state index in [0.29, 0.717) is 25.6 Å². The second-order valence-corrected chi connectivity index (χ2v) is 6.50. The fraction of sp³-hybridized carbons (Fsp3) is 0.632. The van der Waals surface area contributed by atoms with E-state index in [0.717, 1.165) is 19.3 Å². The summed E-state index contributed by atoms with van der Waals surface area (Å²) in [5.74, 6) is 0.253. The lowest BCUT2D eigenvalue weighted by Crippen LogP contribution is -2.54. The molecular weight excluding hydrogens is 290 g/mol. The number of carbonyl (C=O) groups excluding carboxylic acids is 1. The highest BCUT2D eigenvalue weighted by Crippen LogP contribution is 2.49. The van der Waals surface area contributed by atoms with Crippen LogP contribution in [0.1, 0.15) is 57.1 Å². The Hall–Kier alpha value is -1.55. The Labute approximate surface area is 138 Å². The van der Waals surface area contributed by atoms with Crippen LogP contribution in [0.25, 0.3) is 0 Å². The van der Waals surface area contributed by atoms with E-state index in [1.54, 1.807) is 0 Å². The third-order valence-electron chi connectivity index (χ3n) is 5.40. The monoisotopic (exact) mass is 317 g/mol. The lowest BCUT2D eigenvalue weighted by Gasteiger charge is -2.44. The molecule has 1 aromatic carbocycles. The van der Waals surface area contributed by atoms with Crippen molar-refractivity contribution in [2.75, 3.05) is 18.5 Å². The highest BCUT2D eigenvalue weighted by atomic mass is 16.5. The Kier molecular flexibility index (Phi) is 4.62. The quantitative estimate of drug-likeness (QED) is 0.842. The van der Waals surface area contributed by atoms with E-state index in [9.17, 15) is 4.79 Å². The molecule has 0 bridgehead atoms. The number of aryl methyl sites for hydroxylation is 1. The van der Waals surface area contributed by atoms with Gasteiger partial charge in [0, 0.05) is 18.2 Å². The van der Waals surface area contributed by atoms with Crippen LogP contribution in [-0.2, 0) is 20.7 Å². The zero-order valence-electron chi connectivity index (χ0n) is 14.4. The van der Waals surface area contributed by atoms with Crippen LogP contribution in [0.15, 0.2) is 18.2 Å². The summed E-state index contributed by atoms with van der Waals surface area (Å²) >= 11 is 0. The van der Waals surface area contributed by atoms with E-state index in [2.05, 4.69) is 37.4 Å². The number of benzene rings is 1. The summed E-state index contributed by atoms with van der Waals surface area (Å²) in [6, 6.07) is 6.70. The van der Waals surface area contributed by atoms with Crippen molar-refractivity contribution in [1.29, 1.82) is 0 Å². The summed E-state index contributed by atoms with van der Waals surface area (Å²) in [4.78, 5) is 12.1. The molecule has 2 aliphatic rings. The van der Waals surface area contributed by atoms with Gasteiger partial charge < -0.3 is 14.8 Å². The van der Waals surface area contributed by atoms with E-state index >= 15 is 0 Å². The minimum Gasteiger partial charge on any atom is -0.466 e. The van der Waals surface area contributed by atoms with Gasteiger partial charge in [-0.2, -0.15) is 0 Å². The van der Waals surface area contributed by atoms with Crippen LogP contribution in [0.2, 0.25) is 0 Å². The van der Waals surface area contributed by atoms with Crippen LogP contribution in [0.5, 0.6) is 0 Å². The molecule has 0 saturated carbocycles. The topological polar surface area (TPSA) is 47.6 Å². The number of fused-ring (bicyclic) bond motifs is 3. The Morgan fingerprint density at radius 3 is 2.91 bits per heavy atom. The van der Waals surface area contributed by atoms with Crippen molar-refractivity contribution in [2.45, 2.75) is 64.0 Å². The minimum atomic E-state index is -0.473. The number of hydrogen-bond acceptors (Lipinski definition) is 4. The average Bonchev–Trinajstić information content (AvgIpc) is 2.95. The standard InChI is InChI=1S/C19H27NO3/c1-4-13-8-7-9-14-15-10-11-23-19(5-2,12-16(21)22-6-3)18(15)20-17(13)14/h7-9,15,18,20H,4-6,10-12H2,1-3H3. The average molecular weight is 317 g/mol. The first kappa shape index (κ1) is 16.3. The lowest BCUT2D eigenvalue weighted by atomic mass is 9.76. The van der Waals surface area contributed by atoms with Gasteiger partial charge in [0.15, 0.2) is 0 Å². The van der Waals surface area contributed by atoms with Gasteiger partial charge in [-0.3, -0.25) is 4.79 Å². The number of ether oxygens (including phenoxy) is 2. The molecule has 4 heteroatoms. The second kappa shape index (κ2) is 6.52. The number of esters is 1. The number of rotatable bonds is 5. The SMILES string of the molecule is CCOC(=O)CC1(CC)OCCC2c3cccc(CC)c3NC21. The summed E-state index contributed by atoms with van der Waals surface area (Å²) in [7, 11) is 0. The van der Waals surface area contributed by atoms with E-state index in [1.807, 2.05) is 6.92 Å². The maximum Gasteiger partial charge on any atom is 0.308 e. The Balaban J connectivity index is 1.92. The van der Waals surface area contributed by atoms with Gasteiger partial charge in [-0.15, -0.1) is 0 Å². The highest BCUT2D eigenvalue weighted by Gasteiger charge is 2.51. The molecule has 0 aromatic heterocycles. The lowest BCUT2D eigenvalue weighted by molar-refractivity contribution is -0.157. The van der Waals surface area contributed by atoms with Crippen LogP contribution in [0.4, 0.5) is 5.69 Å². The van der Waals surface area contributed by atoms with Gasteiger partial charge >= 0.3 is 5.97 Å². The molecule has 0 aliphatic carbocycles. The summed E-state index contributed by atoms with van der Waals surface area (Å²) in [6.07, 6.45) is 3.13. The van der Waals surface area contributed by atoms with Gasteiger partial charge in [-0.05, 0) is 37.3 Å². The first-order valence-electron chi connectivity index (χ1n) is 8.83. The molecule has 3 atom stereocenters. The van der Waals surface area contributed by atoms with Gasteiger partial charge in [0.1, 0.15) is 0 Å². The van der Waals surface area contributed by atoms with Crippen LogP contribution < -0.4 is 5.32 Å². The molecule has 126 valence electrons. The molecule has 1 saturated heterocycles. The van der Waals surface area contributed by atoms with E-state index in [4.69, 9.17) is 9.47 Å². The number of carbonyl (C=O) groups is 1. The molecule has 3 unspecified atom stereocenters. The molecule has 23 heavy (non-hydrogen) atoms. The predicted molar refractivity (Wildman–Crippen MR) is 90.8 cm³/mol. The fourth-order valence-corrected chi connectivity index (χ4v) is 4.20. The number of nitrogens with one attached hydrogen (secondary N) is 1. The van der Waals surface area contributed by atoms with Gasteiger partial charge in [0.25, 0.3) is 0 Å². The summed E-state index contributed by atoms with van der Waals surface area (Å²) in [6.45, 7) is 7.25. The predicted octanol–water partition coefficient (Wildman–Crippen LogP) is 3.65. The molecule has 3 rings (SSSR count). The molecule has 0 radical (unpaired) electrons. The molecule has 4 nitrogen and oxygen atoms in total. The molecule has 1 N–H and O–H groups in total. The largest absolute Gasteiger partial charge is 0.466 e. The first-order chi connectivity index (χ1) is 11.1. The van der Waals surface area contributed by atoms with E-state index < -0.39 is 5.60 Å². The van der Waals surface area contributed by atoms with Gasteiger partial charge in [0.2, 0.25) is 0 Å². The number of para-hydroxylation sites is 1. The van der Waals surface area contributed by atoms with Crippen molar-refractivity contribution in [3.05, 3.63) is 29.3 Å². The third kappa shape index (κ3) is 2.74. The van der Waals surface area contributed by atoms with E-state index in [-0.39, 0.29) is 12.0 Å². The van der Waals surface area contributed by atoms with Gasteiger partial charge in [0.05, 0.1) is 24.7 Å². The van der Waals surface area contributed by atoms with Crippen molar-refractivity contribution in [3.63, 3.8) is 0 Å². The van der Waals surface area contributed by atoms with Crippen LogP contribution in [0.3, 0.4) is 0 Å². The highest BCUT2D eigenvalue weighted by molar-refractivity contribution is 5.72. The molecule has 2 aliphatic heterocycles. The summed E-state index contributed by atoms with van der Waals surface area (Å²) in [5.41, 5.74) is 3.52. The van der Waals surface area contributed by atoms with E-state index in [1.165, 1.54) is 16.8 Å². The number of hydrogen-bond donors (Lipinski definition) is 1. The van der Waals surface area contributed by atoms with Crippen molar-refractivity contribution in [2.24, 2.45) is 0 Å². The van der Waals surface area contributed by atoms with Gasteiger partial charge in [-0.1, -0.05) is 32.0 Å². The molecule has 2 heterocycles. The van der Waals surface area contributed by atoms with Crippen LogP contribution in [-0.4, -0.2) is 30.8 Å². The maximum atomic E-state index is 12.1.